The largest absolute Gasteiger partial charge is 0.146 e. The molecule has 10 heavy (non-hydrogen) atoms. The van der Waals surface area contributed by atoms with Crippen LogP contribution in [0.5, 0.6) is 0 Å². The first-order valence-electron chi connectivity index (χ1n) is 3.86. The summed E-state index contributed by atoms with van der Waals surface area (Å²) in [6, 6.07) is 0. The van der Waals surface area contributed by atoms with Gasteiger partial charge in [-0.1, -0.05) is 19.8 Å². The Hall–Kier alpha value is -0.0900. The molecule has 0 aromatic carbocycles. The van der Waals surface area contributed by atoms with Crippen molar-refractivity contribution in [2.45, 2.75) is 38.9 Å². The predicted octanol–water partition coefficient (Wildman–Crippen LogP) is 2.93. The average Bonchev–Trinajstić information content (AvgIpc) is 1.99. The first kappa shape index (κ1) is 9.91. The van der Waals surface area contributed by atoms with Crippen molar-refractivity contribution in [3.8, 4) is 11.8 Å². The zero-order chi connectivity index (χ0) is 7.82. The second kappa shape index (κ2) is 7.02. The van der Waals surface area contributed by atoms with Crippen LogP contribution in [-0.2, 0) is 0 Å². The van der Waals surface area contributed by atoms with Crippen molar-refractivity contribution < 1.29 is 0 Å². The van der Waals surface area contributed by atoms with Crippen LogP contribution in [0.25, 0.3) is 0 Å². The Morgan fingerprint density at radius 2 is 1.90 bits per heavy atom. The first-order valence-corrected chi connectivity index (χ1v) is 4.91. The van der Waals surface area contributed by atoms with Gasteiger partial charge < -0.3 is 0 Å². The molecule has 0 fully saturated rings. The summed E-state index contributed by atoms with van der Waals surface area (Å²) in [7, 11) is 0. The molecule has 0 saturated heterocycles. The van der Waals surface area contributed by atoms with Crippen molar-refractivity contribution in [3.63, 3.8) is 0 Å². The molecule has 0 unspecified atom stereocenters. The smallest absolute Gasteiger partial charge is 0.0550 e. The maximum absolute atomic E-state index is 3.06. The van der Waals surface area contributed by atoms with Crippen LogP contribution in [0.2, 0.25) is 0 Å². The molecular formula is C9H16S. The molecule has 0 amide bonds. The van der Waals surface area contributed by atoms with E-state index in [0.717, 1.165) is 11.0 Å². The number of rotatable bonds is 4. The van der Waals surface area contributed by atoms with Gasteiger partial charge >= 0.3 is 0 Å². The fourth-order valence-electron chi connectivity index (χ4n) is 0.756. The van der Waals surface area contributed by atoms with E-state index in [9.17, 15) is 0 Å². The molecule has 0 rings (SSSR count). The molecule has 0 bridgehead atoms. The van der Waals surface area contributed by atoms with Crippen LogP contribution in [0, 0.1) is 11.8 Å². The number of hydrogen-bond donors (Lipinski definition) is 0. The molecule has 0 spiro atoms. The van der Waals surface area contributed by atoms with Crippen molar-refractivity contribution in [2.24, 2.45) is 0 Å². The van der Waals surface area contributed by atoms with E-state index in [1.54, 1.807) is 0 Å². The third-order valence-electron chi connectivity index (χ3n) is 1.48. The fourth-order valence-corrected chi connectivity index (χ4v) is 1.69. The second-order valence-corrected chi connectivity index (χ2v) is 3.46. The van der Waals surface area contributed by atoms with Crippen LogP contribution >= 0.6 is 11.8 Å². The Bertz CT molecular complexity index is 114. The highest BCUT2D eigenvalue weighted by Crippen LogP contribution is 2.16. The van der Waals surface area contributed by atoms with Crippen LogP contribution in [-0.4, -0.2) is 11.0 Å². The van der Waals surface area contributed by atoms with Gasteiger partial charge in [-0.15, -0.1) is 17.7 Å². The van der Waals surface area contributed by atoms with Crippen molar-refractivity contribution in [1.82, 2.24) is 0 Å². The van der Waals surface area contributed by atoms with E-state index in [0.29, 0.717) is 0 Å². The lowest BCUT2D eigenvalue weighted by Crippen LogP contribution is -1.98. The minimum absolute atomic E-state index is 0.820. The highest BCUT2D eigenvalue weighted by atomic mass is 32.2. The summed E-state index contributed by atoms with van der Waals surface area (Å²) in [5.74, 6) is 6.96. The van der Waals surface area contributed by atoms with E-state index >= 15 is 0 Å². The van der Waals surface area contributed by atoms with Gasteiger partial charge in [-0.05, 0) is 19.8 Å². The van der Waals surface area contributed by atoms with Crippen molar-refractivity contribution in [3.05, 3.63) is 0 Å². The van der Waals surface area contributed by atoms with Gasteiger partial charge in [0.05, 0.1) is 5.75 Å². The Labute approximate surface area is 68.8 Å². The normalized spacial score (nSPS) is 9.20. The van der Waals surface area contributed by atoms with E-state index in [2.05, 4.69) is 25.7 Å². The van der Waals surface area contributed by atoms with Gasteiger partial charge in [0.1, 0.15) is 0 Å². The molecular weight excluding hydrogens is 140 g/mol. The molecule has 0 saturated carbocycles. The summed E-state index contributed by atoms with van der Waals surface area (Å²) in [5, 5.41) is 0.820. The summed E-state index contributed by atoms with van der Waals surface area (Å²) in [6.45, 7) is 6.37. The van der Waals surface area contributed by atoms with Crippen molar-refractivity contribution in [1.29, 1.82) is 0 Å². The summed E-state index contributed by atoms with van der Waals surface area (Å²) in [6.07, 6.45) is 2.54. The molecule has 0 nitrogen and oxygen atoms in total. The van der Waals surface area contributed by atoms with Gasteiger partial charge in [0.15, 0.2) is 0 Å². The standard InChI is InChI=1S/C9H16S/c1-4-7-8-10-9(5-2)6-3/h9H,5-6,8H2,1-3H3. The molecule has 0 aliphatic carbocycles. The molecule has 0 N–H and O–H groups in total. The van der Waals surface area contributed by atoms with Crippen LogP contribution < -0.4 is 0 Å². The molecule has 0 aromatic heterocycles. The molecule has 58 valence electrons. The third kappa shape index (κ3) is 4.76. The van der Waals surface area contributed by atoms with Crippen LogP contribution in [0.1, 0.15) is 33.6 Å². The molecule has 0 aliphatic heterocycles. The highest BCUT2D eigenvalue weighted by Gasteiger charge is 2.00. The average molecular weight is 156 g/mol. The Balaban J connectivity index is 3.31. The molecule has 0 heterocycles. The van der Waals surface area contributed by atoms with Gasteiger partial charge in [-0.3, -0.25) is 0 Å². The summed E-state index contributed by atoms with van der Waals surface area (Å²) < 4.78 is 0. The van der Waals surface area contributed by atoms with E-state index < -0.39 is 0 Å². The molecule has 0 radical (unpaired) electrons. The Kier molecular flexibility index (Phi) is 6.96. The Morgan fingerprint density at radius 3 is 2.30 bits per heavy atom. The monoisotopic (exact) mass is 156 g/mol. The van der Waals surface area contributed by atoms with Gasteiger partial charge in [0.25, 0.3) is 0 Å². The lowest BCUT2D eigenvalue weighted by Gasteiger charge is -2.07. The Morgan fingerprint density at radius 1 is 1.30 bits per heavy atom. The first-order chi connectivity index (χ1) is 4.85. The summed E-state index contributed by atoms with van der Waals surface area (Å²) >= 11 is 1.97. The maximum Gasteiger partial charge on any atom is 0.0550 e. The fraction of sp³-hybridized carbons (Fsp3) is 0.778. The van der Waals surface area contributed by atoms with Crippen LogP contribution in [0.15, 0.2) is 0 Å². The van der Waals surface area contributed by atoms with Crippen LogP contribution in [0.4, 0.5) is 0 Å². The quantitative estimate of drug-likeness (QED) is 0.564. The minimum Gasteiger partial charge on any atom is -0.146 e. The third-order valence-corrected chi connectivity index (χ3v) is 2.93. The molecule has 0 aromatic rings. The lowest BCUT2D eigenvalue weighted by atomic mass is 10.3. The van der Waals surface area contributed by atoms with Crippen molar-refractivity contribution >= 4 is 11.8 Å². The lowest BCUT2D eigenvalue weighted by molar-refractivity contribution is 0.793. The van der Waals surface area contributed by atoms with Gasteiger partial charge in [0, 0.05) is 5.25 Å². The molecule has 1 heteroatoms. The van der Waals surface area contributed by atoms with E-state index in [1.165, 1.54) is 12.8 Å². The topological polar surface area (TPSA) is 0 Å². The highest BCUT2D eigenvalue weighted by molar-refractivity contribution is 8.00. The number of thioether (sulfide) groups is 1. The minimum atomic E-state index is 0.820. The van der Waals surface area contributed by atoms with Gasteiger partial charge in [-0.25, -0.2) is 0 Å². The van der Waals surface area contributed by atoms with E-state index in [1.807, 2.05) is 18.7 Å². The molecule has 0 aliphatic rings. The van der Waals surface area contributed by atoms with Crippen molar-refractivity contribution in [2.75, 3.05) is 5.75 Å². The number of hydrogen-bond acceptors (Lipinski definition) is 1. The van der Waals surface area contributed by atoms with Crippen LogP contribution in [0.3, 0.4) is 0 Å². The zero-order valence-electron chi connectivity index (χ0n) is 7.11. The summed E-state index contributed by atoms with van der Waals surface area (Å²) in [4.78, 5) is 0. The predicted molar refractivity (Wildman–Crippen MR) is 50.3 cm³/mol. The zero-order valence-corrected chi connectivity index (χ0v) is 7.92. The second-order valence-electron chi connectivity index (χ2n) is 2.18. The molecule has 0 atom stereocenters. The van der Waals surface area contributed by atoms with Gasteiger partial charge in [-0.2, -0.15) is 0 Å². The van der Waals surface area contributed by atoms with Gasteiger partial charge in [0.2, 0.25) is 0 Å². The SMILES string of the molecule is CC#CCSC(CC)CC. The maximum atomic E-state index is 3.06. The summed E-state index contributed by atoms with van der Waals surface area (Å²) in [5.41, 5.74) is 0. The van der Waals surface area contributed by atoms with E-state index in [4.69, 9.17) is 0 Å². The van der Waals surface area contributed by atoms with E-state index in [-0.39, 0.29) is 0 Å².